The molecule has 3 aromatic carbocycles. The highest BCUT2D eigenvalue weighted by molar-refractivity contribution is 5.94. The molecule has 1 aliphatic heterocycles. The Hall–Kier alpha value is -3.80. The molecular weight excluding hydrogens is 378 g/mol. The molecule has 0 aliphatic carbocycles. The number of amides is 1. The fraction of sp³-hybridized carbons (Fsp3) is 0.167. The summed E-state index contributed by atoms with van der Waals surface area (Å²) in [6.07, 6.45) is 0. The highest BCUT2D eigenvalue weighted by Gasteiger charge is 2.21. The van der Waals surface area contributed by atoms with Crippen molar-refractivity contribution >= 4 is 16.8 Å². The van der Waals surface area contributed by atoms with E-state index in [4.69, 9.17) is 14.6 Å². The van der Waals surface area contributed by atoms with E-state index in [1.165, 1.54) is 0 Å². The quantitative estimate of drug-likeness (QED) is 0.543. The molecule has 1 aliphatic rings. The third kappa shape index (κ3) is 3.26. The van der Waals surface area contributed by atoms with Crippen molar-refractivity contribution in [1.82, 2.24) is 15.1 Å². The summed E-state index contributed by atoms with van der Waals surface area (Å²) >= 11 is 0. The van der Waals surface area contributed by atoms with Crippen LogP contribution in [0.5, 0.6) is 11.5 Å². The lowest BCUT2D eigenvalue weighted by Crippen LogP contribution is -2.31. The maximum atomic E-state index is 12.9. The van der Waals surface area contributed by atoms with Crippen LogP contribution >= 0.6 is 0 Å². The molecule has 0 fully saturated rings. The number of hydrogen-bond acceptors (Lipinski definition) is 4. The minimum absolute atomic E-state index is 0.0967. The molecule has 0 unspecified atom stereocenters. The molecule has 1 amide bonds. The van der Waals surface area contributed by atoms with Crippen LogP contribution in [0, 0.1) is 0 Å². The van der Waals surface area contributed by atoms with Crippen LogP contribution in [0.25, 0.3) is 22.2 Å². The van der Waals surface area contributed by atoms with Gasteiger partial charge in [-0.3, -0.25) is 9.48 Å². The van der Waals surface area contributed by atoms with Gasteiger partial charge in [-0.25, -0.2) is 0 Å². The Morgan fingerprint density at radius 2 is 1.80 bits per heavy atom. The van der Waals surface area contributed by atoms with Gasteiger partial charge >= 0.3 is 0 Å². The number of fused-ring (bicyclic) bond motifs is 2. The summed E-state index contributed by atoms with van der Waals surface area (Å²) in [4.78, 5) is 12.9. The van der Waals surface area contributed by atoms with Crippen LogP contribution in [0.1, 0.15) is 18.5 Å². The largest absolute Gasteiger partial charge is 0.454 e. The summed E-state index contributed by atoms with van der Waals surface area (Å²) in [7, 11) is 0. The summed E-state index contributed by atoms with van der Waals surface area (Å²) in [5.74, 6) is 1.34. The fourth-order valence-corrected chi connectivity index (χ4v) is 3.69. The number of hydrogen-bond donors (Lipinski definition) is 1. The molecule has 1 atom stereocenters. The molecule has 2 heterocycles. The van der Waals surface area contributed by atoms with E-state index in [-0.39, 0.29) is 12.7 Å². The minimum Gasteiger partial charge on any atom is -0.454 e. The molecule has 4 aromatic rings. The van der Waals surface area contributed by atoms with Gasteiger partial charge in [0.2, 0.25) is 12.7 Å². The van der Waals surface area contributed by atoms with E-state index in [9.17, 15) is 4.79 Å². The van der Waals surface area contributed by atoms with Gasteiger partial charge in [0, 0.05) is 17.5 Å². The number of para-hydroxylation sites is 1. The van der Waals surface area contributed by atoms with E-state index in [1.807, 2.05) is 79.7 Å². The van der Waals surface area contributed by atoms with Crippen LogP contribution in [0.2, 0.25) is 0 Å². The standard InChI is InChI=1S/C24H21N3O3/c1-16(24(28)25-14-17-11-12-21-22(13-17)30-15-29-21)27-20-10-6-5-9-19(20)23(26-27)18-7-3-2-4-8-18/h2-13,16H,14-15H2,1H3,(H,25,28)/t16-/m0/s1. The van der Waals surface area contributed by atoms with E-state index in [2.05, 4.69) is 5.32 Å². The van der Waals surface area contributed by atoms with Gasteiger partial charge in [0.15, 0.2) is 11.5 Å². The zero-order chi connectivity index (χ0) is 20.5. The lowest BCUT2D eigenvalue weighted by atomic mass is 10.1. The van der Waals surface area contributed by atoms with Crippen LogP contribution < -0.4 is 14.8 Å². The topological polar surface area (TPSA) is 65.4 Å². The highest BCUT2D eigenvalue weighted by atomic mass is 16.7. The monoisotopic (exact) mass is 399 g/mol. The molecule has 0 saturated heterocycles. The molecule has 0 bridgehead atoms. The van der Waals surface area contributed by atoms with Crippen molar-refractivity contribution in [1.29, 1.82) is 0 Å². The van der Waals surface area contributed by atoms with Crippen molar-refractivity contribution in [2.45, 2.75) is 19.5 Å². The highest BCUT2D eigenvalue weighted by Crippen LogP contribution is 2.33. The fourth-order valence-electron chi connectivity index (χ4n) is 3.69. The lowest BCUT2D eigenvalue weighted by molar-refractivity contribution is -0.124. The number of benzene rings is 3. The molecular formula is C24H21N3O3. The predicted molar refractivity (Wildman–Crippen MR) is 114 cm³/mol. The maximum Gasteiger partial charge on any atom is 0.244 e. The van der Waals surface area contributed by atoms with Gasteiger partial charge in [-0.1, -0.05) is 54.6 Å². The first-order chi connectivity index (χ1) is 14.7. The number of carbonyl (C=O) groups is 1. The van der Waals surface area contributed by atoms with E-state index in [0.717, 1.165) is 33.5 Å². The second-order valence-electron chi connectivity index (χ2n) is 7.26. The molecule has 150 valence electrons. The third-order valence-electron chi connectivity index (χ3n) is 5.31. The van der Waals surface area contributed by atoms with Gasteiger partial charge in [0.25, 0.3) is 0 Å². The van der Waals surface area contributed by atoms with Gasteiger partial charge in [-0.15, -0.1) is 0 Å². The van der Waals surface area contributed by atoms with Gasteiger partial charge in [0.05, 0.1) is 5.52 Å². The number of aromatic nitrogens is 2. The van der Waals surface area contributed by atoms with Gasteiger partial charge in [-0.05, 0) is 30.7 Å². The zero-order valence-corrected chi connectivity index (χ0v) is 16.5. The van der Waals surface area contributed by atoms with Crippen molar-refractivity contribution in [2.75, 3.05) is 6.79 Å². The summed E-state index contributed by atoms with van der Waals surface area (Å²) < 4.78 is 12.5. The zero-order valence-electron chi connectivity index (χ0n) is 16.5. The first-order valence-corrected chi connectivity index (χ1v) is 9.89. The van der Waals surface area contributed by atoms with Crippen LogP contribution in [0.15, 0.2) is 72.8 Å². The SMILES string of the molecule is C[C@@H](C(=O)NCc1ccc2c(c1)OCO2)n1nc(-c2ccccc2)c2ccccc21. The number of ether oxygens (including phenoxy) is 2. The van der Waals surface area contributed by atoms with E-state index < -0.39 is 6.04 Å². The Morgan fingerprint density at radius 3 is 2.67 bits per heavy atom. The molecule has 1 aromatic heterocycles. The number of carbonyl (C=O) groups excluding carboxylic acids is 1. The van der Waals surface area contributed by atoms with Crippen LogP contribution in [-0.4, -0.2) is 22.5 Å². The van der Waals surface area contributed by atoms with Crippen LogP contribution in [0.4, 0.5) is 0 Å². The molecule has 6 heteroatoms. The number of nitrogens with one attached hydrogen (secondary N) is 1. The first-order valence-electron chi connectivity index (χ1n) is 9.89. The molecule has 6 nitrogen and oxygen atoms in total. The van der Waals surface area contributed by atoms with E-state index >= 15 is 0 Å². The average molecular weight is 399 g/mol. The minimum atomic E-state index is -0.457. The molecule has 0 spiro atoms. The summed E-state index contributed by atoms with van der Waals surface area (Å²) in [6.45, 7) is 2.51. The smallest absolute Gasteiger partial charge is 0.244 e. The van der Waals surface area contributed by atoms with E-state index in [0.29, 0.717) is 12.3 Å². The molecule has 0 radical (unpaired) electrons. The van der Waals surface area contributed by atoms with Crippen molar-refractivity contribution < 1.29 is 14.3 Å². The number of nitrogens with zero attached hydrogens (tertiary/aromatic N) is 2. The predicted octanol–water partition coefficient (Wildman–Crippen LogP) is 4.31. The van der Waals surface area contributed by atoms with Gasteiger partial charge in [-0.2, -0.15) is 5.10 Å². The van der Waals surface area contributed by atoms with Crippen molar-refractivity contribution in [3.8, 4) is 22.8 Å². The first kappa shape index (κ1) is 18.2. The van der Waals surface area contributed by atoms with Crippen molar-refractivity contribution in [3.05, 3.63) is 78.4 Å². The molecule has 5 rings (SSSR count). The Balaban J connectivity index is 1.39. The second-order valence-corrected chi connectivity index (χ2v) is 7.26. The van der Waals surface area contributed by atoms with Gasteiger partial charge in [0.1, 0.15) is 11.7 Å². The average Bonchev–Trinajstić information content (AvgIpc) is 3.42. The number of rotatable bonds is 5. The van der Waals surface area contributed by atoms with Crippen molar-refractivity contribution in [2.24, 2.45) is 0 Å². The third-order valence-corrected chi connectivity index (χ3v) is 5.31. The summed E-state index contributed by atoms with van der Waals surface area (Å²) in [6, 6.07) is 23.2. The second kappa shape index (κ2) is 7.55. The summed E-state index contributed by atoms with van der Waals surface area (Å²) in [5, 5.41) is 8.84. The van der Waals surface area contributed by atoms with Gasteiger partial charge < -0.3 is 14.8 Å². The molecule has 1 N–H and O–H groups in total. The molecule has 0 saturated carbocycles. The molecule has 30 heavy (non-hydrogen) atoms. The van der Waals surface area contributed by atoms with Crippen LogP contribution in [-0.2, 0) is 11.3 Å². The van der Waals surface area contributed by atoms with Crippen molar-refractivity contribution in [3.63, 3.8) is 0 Å². The Labute approximate surface area is 174 Å². The lowest BCUT2D eigenvalue weighted by Gasteiger charge is -2.14. The van der Waals surface area contributed by atoms with Crippen LogP contribution in [0.3, 0.4) is 0 Å². The maximum absolute atomic E-state index is 12.9. The Bertz CT molecular complexity index is 1220. The summed E-state index contributed by atoms with van der Waals surface area (Å²) in [5.41, 5.74) is 3.79. The Kier molecular flexibility index (Phi) is 4.59. The van der Waals surface area contributed by atoms with E-state index in [1.54, 1.807) is 4.68 Å². The normalized spacial score (nSPS) is 13.4. The Morgan fingerprint density at radius 1 is 1.03 bits per heavy atom.